The van der Waals surface area contributed by atoms with Crippen molar-refractivity contribution in [2.24, 2.45) is 0 Å². The van der Waals surface area contributed by atoms with E-state index in [2.05, 4.69) is 10.00 Å². The summed E-state index contributed by atoms with van der Waals surface area (Å²) in [4.78, 5) is 14.2. The Hall–Kier alpha value is -1.40. The number of ether oxygens (including phenoxy) is 1. The second-order valence-corrected chi connectivity index (χ2v) is 5.71. The average Bonchev–Trinajstić information content (AvgIpc) is 2.93. The van der Waals surface area contributed by atoms with Crippen LogP contribution >= 0.6 is 0 Å². The molecule has 2 rings (SSSR count). The van der Waals surface area contributed by atoms with Crippen LogP contribution in [-0.2, 0) is 11.3 Å². The van der Waals surface area contributed by atoms with E-state index in [0.717, 1.165) is 44.5 Å². The van der Waals surface area contributed by atoms with Crippen molar-refractivity contribution in [3.63, 3.8) is 0 Å². The van der Waals surface area contributed by atoms with Gasteiger partial charge in [0.05, 0.1) is 24.1 Å². The van der Waals surface area contributed by atoms with Gasteiger partial charge >= 0.3 is 0 Å². The van der Waals surface area contributed by atoms with E-state index in [1.807, 2.05) is 0 Å². The van der Waals surface area contributed by atoms with Crippen molar-refractivity contribution in [2.45, 2.75) is 51.4 Å². The number of rotatable bonds is 7. The zero-order valence-corrected chi connectivity index (χ0v) is 12.9. The molecule has 1 saturated heterocycles. The molecular formula is C15H25N3O3. The fraction of sp³-hybridized carbons (Fsp3) is 0.733. The largest absolute Gasteiger partial charge is 0.393 e. The van der Waals surface area contributed by atoms with Crippen LogP contribution in [-0.4, -0.2) is 47.3 Å². The first-order valence-corrected chi connectivity index (χ1v) is 7.63. The van der Waals surface area contributed by atoms with Crippen molar-refractivity contribution in [3.8, 4) is 0 Å². The zero-order valence-electron chi connectivity index (χ0n) is 12.9. The van der Waals surface area contributed by atoms with E-state index < -0.39 is 0 Å². The van der Waals surface area contributed by atoms with Crippen LogP contribution in [0.5, 0.6) is 0 Å². The van der Waals surface area contributed by atoms with Gasteiger partial charge < -0.3 is 14.7 Å². The number of hydrogen-bond acceptors (Lipinski definition) is 5. The first-order valence-electron chi connectivity index (χ1n) is 7.63. The van der Waals surface area contributed by atoms with E-state index >= 15 is 0 Å². The fourth-order valence-electron chi connectivity index (χ4n) is 2.62. The Bertz CT molecular complexity index is 501. The van der Waals surface area contributed by atoms with Gasteiger partial charge in [0.15, 0.2) is 0 Å². The summed E-state index contributed by atoms with van der Waals surface area (Å²) in [7, 11) is 1.72. The molecule has 118 valence electrons. The second kappa shape index (κ2) is 7.56. The predicted octanol–water partition coefficient (Wildman–Crippen LogP) is 1.02. The maximum Gasteiger partial charge on any atom is 0.268 e. The molecular weight excluding hydrogens is 270 g/mol. The number of aliphatic hydroxyl groups is 1. The molecule has 0 saturated carbocycles. The Morgan fingerprint density at radius 3 is 2.95 bits per heavy atom. The van der Waals surface area contributed by atoms with Crippen molar-refractivity contribution >= 4 is 5.69 Å². The molecule has 1 N–H and O–H groups in total. The number of nitrogens with zero attached hydrogens (tertiary/aromatic N) is 3. The van der Waals surface area contributed by atoms with Crippen LogP contribution in [0.3, 0.4) is 0 Å². The molecule has 2 heterocycles. The van der Waals surface area contributed by atoms with Gasteiger partial charge in [-0.1, -0.05) is 0 Å². The van der Waals surface area contributed by atoms with Gasteiger partial charge in [-0.15, -0.1) is 0 Å². The number of unbranched alkanes of at least 4 members (excludes halogenated alkanes) is 1. The summed E-state index contributed by atoms with van der Waals surface area (Å²) in [6.45, 7) is 4.10. The van der Waals surface area contributed by atoms with E-state index in [-0.39, 0.29) is 17.8 Å². The number of anilines is 1. The molecule has 21 heavy (non-hydrogen) atoms. The number of methoxy groups -OCH3 is 1. The predicted molar refractivity (Wildman–Crippen MR) is 81.7 cm³/mol. The van der Waals surface area contributed by atoms with Gasteiger partial charge in [-0.2, -0.15) is 5.10 Å². The minimum absolute atomic E-state index is 0.0644. The minimum Gasteiger partial charge on any atom is -0.393 e. The highest BCUT2D eigenvalue weighted by molar-refractivity contribution is 5.44. The van der Waals surface area contributed by atoms with Crippen LogP contribution in [0.4, 0.5) is 5.69 Å². The standard InChI is InChI=1S/C15H25N3O3/c1-12(19)5-3-4-7-18-15(20)9-13(10-16-18)17-8-6-14(11-17)21-2/h9-10,12,14,19H,3-8,11H2,1-2H3. The monoisotopic (exact) mass is 295 g/mol. The van der Waals surface area contributed by atoms with Gasteiger partial charge in [0.25, 0.3) is 5.56 Å². The second-order valence-electron chi connectivity index (χ2n) is 5.71. The molecule has 2 unspecified atom stereocenters. The van der Waals surface area contributed by atoms with Crippen molar-refractivity contribution < 1.29 is 9.84 Å². The van der Waals surface area contributed by atoms with Crippen LogP contribution in [0.2, 0.25) is 0 Å². The van der Waals surface area contributed by atoms with Crippen LogP contribution in [0.15, 0.2) is 17.1 Å². The lowest BCUT2D eigenvalue weighted by molar-refractivity contribution is 0.121. The molecule has 1 aromatic heterocycles. The maximum atomic E-state index is 12.1. The molecule has 1 aliphatic heterocycles. The molecule has 0 bridgehead atoms. The Morgan fingerprint density at radius 1 is 1.52 bits per heavy atom. The Kier molecular flexibility index (Phi) is 5.76. The summed E-state index contributed by atoms with van der Waals surface area (Å²) in [6.07, 6.45) is 5.22. The average molecular weight is 295 g/mol. The van der Waals surface area contributed by atoms with E-state index in [4.69, 9.17) is 4.74 Å². The van der Waals surface area contributed by atoms with Crippen molar-refractivity contribution in [1.82, 2.24) is 9.78 Å². The van der Waals surface area contributed by atoms with Crippen LogP contribution < -0.4 is 10.5 Å². The summed E-state index contributed by atoms with van der Waals surface area (Å²) in [6, 6.07) is 1.65. The van der Waals surface area contributed by atoms with Gasteiger partial charge in [-0.25, -0.2) is 4.68 Å². The Labute approximate surface area is 125 Å². The lowest BCUT2D eigenvalue weighted by Gasteiger charge is -2.18. The van der Waals surface area contributed by atoms with Crippen molar-refractivity contribution in [2.75, 3.05) is 25.1 Å². The number of hydrogen-bond donors (Lipinski definition) is 1. The molecule has 0 radical (unpaired) electrons. The molecule has 0 aliphatic carbocycles. The molecule has 6 nitrogen and oxygen atoms in total. The third kappa shape index (κ3) is 4.54. The first kappa shape index (κ1) is 16.0. The maximum absolute atomic E-state index is 12.1. The highest BCUT2D eigenvalue weighted by atomic mass is 16.5. The third-order valence-electron chi connectivity index (χ3n) is 3.94. The van der Waals surface area contributed by atoms with Crippen molar-refractivity contribution in [1.29, 1.82) is 0 Å². The van der Waals surface area contributed by atoms with E-state index in [1.54, 1.807) is 26.3 Å². The van der Waals surface area contributed by atoms with E-state index in [0.29, 0.717) is 6.54 Å². The highest BCUT2D eigenvalue weighted by Crippen LogP contribution is 2.19. The van der Waals surface area contributed by atoms with E-state index in [9.17, 15) is 9.90 Å². The highest BCUT2D eigenvalue weighted by Gasteiger charge is 2.22. The Morgan fingerprint density at radius 2 is 2.33 bits per heavy atom. The summed E-state index contributed by atoms with van der Waals surface area (Å²) in [5.41, 5.74) is 0.810. The third-order valence-corrected chi connectivity index (χ3v) is 3.94. The van der Waals surface area contributed by atoms with Gasteiger partial charge in [-0.05, 0) is 32.6 Å². The van der Waals surface area contributed by atoms with Gasteiger partial charge in [0.2, 0.25) is 0 Å². The Balaban J connectivity index is 1.90. The van der Waals surface area contributed by atoms with E-state index in [1.165, 1.54) is 4.68 Å². The lowest BCUT2D eigenvalue weighted by Crippen LogP contribution is -2.27. The molecule has 1 fully saturated rings. The number of aromatic nitrogens is 2. The van der Waals surface area contributed by atoms with Crippen molar-refractivity contribution in [3.05, 3.63) is 22.6 Å². The molecule has 1 aliphatic rings. The van der Waals surface area contributed by atoms with Gasteiger partial charge in [0, 0.05) is 32.8 Å². The molecule has 1 aromatic rings. The normalized spacial score (nSPS) is 20.0. The SMILES string of the molecule is COC1CCN(c2cnn(CCCCC(C)O)c(=O)c2)C1. The van der Waals surface area contributed by atoms with Gasteiger partial charge in [0.1, 0.15) is 0 Å². The molecule has 2 atom stereocenters. The topological polar surface area (TPSA) is 67.6 Å². The molecule has 0 aromatic carbocycles. The minimum atomic E-state index is -0.277. The molecule has 0 amide bonds. The van der Waals surface area contributed by atoms with Crippen LogP contribution in [0.1, 0.15) is 32.6 Å². The fourth-order valence-corrected chi connectivity index (χ4v) is 2.62. The number of aryl methyl sites for hydroxylation is 1. The molecule has 6 heteroatoms. The summed E-state index contributed by atoms with van der Waals surface area (Å²) in [5, 5.41) is 13.5. The van der Waals surface area contributed by atoms with Crippen LogP contribution in [0.25, 0.3) is 0 Å². The molecule has 0 spiro atoms. The summed E-state index contributed by atoms with van der Waals surface area (Å²) in [5.74, 6) is 0. The smallest absolute Gasteiger partial charge is 0.268 e. The summed E-state index contributed by atoms with van der Waals surface area (Å²) >= 11 is 0. The number of aliphatic hydroxyl groups excluding tert-OH is 1. The van der Waals surface area contributed by atoms with Crippen LogP contribution in [0, 0.1) is 0 Å². The zero-order chi connectivity index (χ0) is 15.2. The first-order chi connectivity index (χ1) is 10.1. The summed E-state index contributed by atoms with van der Waals surface area (Å²) < 4.78 is 6.83. The van der Waals surface area contributed by atoms with Gasteiger partial charge in [-0.3, -0.25) is 4.79 Å². The lowest BCUT2D eigenvalue weighted by atomic mass is 10.2. The quantitative estimate of drug-likeness (QED) is 0.761.